The molecule has 1 aromatic carbocycles. The van der Waals surface area contributed by atoms with Gasteiger partial charge in [-0.3, -0.25) is 0 Å². The Morgan fingerprint density at radius 3 is 2.62 bits per heavy atom. The second kappa shape index (κ2) is 4.58. The van der Waals surface area contributed by atoms with Gasteiger partial charge in [0.2, 0.25) is 0 Å². The predicted molar refractivity (Wildman–Crippen MR) is 72.1 cm³/mol. The Morgan fingerprint density at radius 2 is 1.94 bits per heavy atom. The maximum atomic E-state index is 6.10. The minimum atomic E-state index is 0.591. The van der Waals surface area contributed by atoms with Crippen molar-refractivity contribution < 1.29 is 0 Å². The molecule has 0 aliphatic heterocycles. The van der Waals surface area contributed by atoms with Gasteiger partial charge in [0, 0.05) is 16.4 Å². The normalized spacial score (nSPS) is 10.8. The number of hydrogen-bond acceptors (Lipinski definition) is 2. The van der Waals surface area contributed by atoms with Crippen LogP contribution in [-0.2, 0) is 6.54 Å². The molecule has 0 bridgehead atoms. The van der Waals surface area contributed by atoms with Crippen molar-refractivity contribution >= 4 is 22.9 Å². The smallest absolute Gasteiger partial charge is 0.0438 e. The van der Waals surface area contributed by atoms with Gasteiger partial charge in [0.05, 0.1) is 0 Å². The van der Waals surface area contributed by atoms with Crippen molar-refractivity contribution in [3.05, 3.63) is 44.6 Å². The molecule has 16 heavy (non-hydrogen) atoms. The lowest BCUT2D eigenvalue weighted by molar-refractivity contribution is 1.11. The lowest BCUT2D eigenvalue weighted by Crippen LogP contribution is -1.96. The van der Waals surface area contributed by atoms with E-state index in [1.165, 1.54) is 21.6 Å². The molecule has 2 rings (SSSR count). The van der Waals surface area contributed by atoms with Crippen molar-refractivity contribution in [1.29, 1.82) is 0 Å². The van der Waals surface area contributed by atoms with Crippen LogP contribution in [0.25, 0.3) is 11.1 Å². The first kappa shape index (κ1) is 11.6. The lowest BCUT2D eigenvalue weighted by atomic mass is 9.99. The van der Waals surface area contributed by atoms with Crippen molar-refractivity contribution in [2.45, 2.75) is 20.4 Å². The molecule has 0 unspecified atom stereocenters. The Hall–Kier alpha value is -0.830. The number of hydrogen-bond donors (Lipinski definition) is 1. The maximum absolute atomic E-state index is 6.10. The average Bonchev–Trinajstić information content (AvgIpc) is 2.71. The van der Waals surface area contributed by atoms with Crippen LogP contribution >= 0.6 is 22.9 Å². The molecule has 84 valence electrons. The van der Waals surface area contributed by atoms with Crippen LogP contribution in [0.15, 0.2) is 23.6 Å². The van der Waals surface area contributed by atoms with Gasteiger partial charge in [0.15, 0.2) is 0 Å². The molecule has 0 aliphatic rings. The van der Waals surface area contributed by atoms with E-state index in [1.54, 1.807) is 11.3 Å². The molecule has 2 aromatic rings. The number of rotatable bonds is 2. The van der Waals surface area contributed by atoms with Crippen LogP contribution in [0.3, 0.4) is 0 Å². The molecular weight excluding hydrogens is 238 g/mol. The van der Waals surface area contributed by atoms with E-state index < -0.39 is 0 Å². The minimum absolute atomic E-state index is 0.591. The highest BCUT2D eigenvalue weighted by molar-refractivity contribution is 7.10. The van der Waals surface area contributed by atoms with Gasteiger partial charge in [-0.25, -0.2) is 0 Å². The molecule has 0 saturated carbocycles. The zero-order chi connectivity index (χ0) is 11.7. The third-order valence-corrected chi connectivity index (χ3v) is 4.08. The monoisotopic (exact) mass is 251 g/mol. The second-order valence-corrected chi connectivity index (χ2v) is 5.29. The van der Waals surface area contributed by atoms with Gasteiger partial charge < -0.3 is 5.73 Å². The first-order valence-electron chi connectivity index (χ1n) is 5.17. The Kier molecular flexibility index (Phi) is 3.33. The van der Waals surface area contributed by atoms with E-state index in [0.29, 0.717) is 6.54 Å². The molecule has 1 nitrogen and oxygen atoms in total. The minimum Gasteiger partial charge on any atom is -0.326 e. The topological polar surface area (TPSA) is 26.0 Å². The predicted octanol–water partition coefficient (Wildman–Crippen LogP) is 4.14. The van der Waals surface area contributed by atoms with E-state index in [1.807, 2.05) is 13.0 Å². The summed E-state index contributed by atoms with van der Waals surface area (Å²) in [6.45, 7) is 4.70. The summed E-state index contributed by atoms with van der Waals surface area (Å²) < 4.78 is 0. The largest absolute Gasteiger partial charge is 0.326 e. The number of nitrogens with two attached hydrogens (primary N) is 1. The number of benzene rings is 1. The van der Waals surface area contributed by atoms with E-state index in [2.05, 4.69) is 24.4 Å². The lowest BCUT2D eigenvalue weighted by Gasteiger charge is -2.09. The Labute approximate surface area is 105 Å². The first-order valence-corrected chi connectivity index (χ1v) is 6.42. The van der Waals surface area contributed by atoms with Crippen molar-refractivity contribution in [3.63, 3.8) is 0 Å². The first-order chi connectivity index (χ1) is 7.63. The highest BCUT2D eigenvalue weighted by Gasteiger charge is 2.09. The van der Waals surface area contributed by atoms with E-state index in [-0.39, 0.29) is 0 Å². The fraction of sp³-hybridized carbons (Fsp3) is 0.231. The summed E-state index contributed by atoms with van der Waals surface area (Å²) in [6, 6.07) is 6.28. The zero-order valence-corrected chi connectivity index (χ0v) is 11.0. The Balaban J connectivity index is 2.60. The molecule has 3 heteroatoms. The van der Waals surface area contributed by atoms with Crippen LogP contribution in [0, 0.1) is 13.8 Å². The Bertz CT molecular complexity index is 517. The van der Waals surface area contributed by atoms with Crippen LogP contribution in [0.4, 0.5) is 0 Å². The van der Waals surface area contributed by atoms with Crippen LogP contribution < -0.4 is 5.73 Å². The molecule has 1 aromatic heterocycles. The molecular formula is C13H14ClNS. The third kappa shape index (κ3) is 2.01. The van der Waals surface area contributed by atoms with E-state index in [0.717, 1.165) is 10.6 Å². The summed E-state index contributed by atoms with van der Waals surface area (Å²) in [5.74, 6) is 0. The summed E-state index contributed by atoms with van der Waals surface area (Å²) in [6.07, 6.45) is 0. The van der Waals surface area contributed by atoms with E-state index in [9.17, 15) is 0 Å². The van der Waals surface area contributed by atoms with Gasteiger partial charge in [-0.2, -0.15) is 0 Å². The number of halogens is 1. The quantitative estimate of drug-likeness (QED) is 0.853. The van der Waals surface area contributed by atoms with Crippen molar-refractivity contribution in [1.82, 2.24) is 0 Å². The van der Waals surface area contributed by atoms with Gasteiger partial charge >= 0.3 is 0 Å². The van der Waals surface area contributed by atoms with E-state index >= 15 is 0 Å². The number of aryl methyl sites for hydroxylation is 2. The molecule has 0 saturated heterocycles. The van der Waals surface area contributed by atoms with Crippen molar-refractivity contribution in [2.75, 3.05) is 0 Å². The van der Waals surface area contributed by atoms with Gasteiger partial charge in [0.1, 0.15) is 0 Å². The fourth-order valence-corrected chi connectivity index (χ4v) is 2.80. The highest BCUT2D eigenvalue weighted by atomic mass is 35.5. The summed E-state index contributed by atoms with van der Waals surface area (Å²) >= 11 is 7.80. The maximum Gasteiger partial charge on any atom is 0.0438 e. The molecule has 0 radical (unpaired) electrons. The van der Waals surface area contributed by atoms with Crippen molar-refractivity contribution in [2.24, 2.45) is 5.73 Å². The summed E-state index contributed by atoms with van der Waals surface area (Å²) in [7, 11) is 0. The molecule has 0 aliphatic carbocycles. The van der Waals surface area contributed by atoms with Gasteiger partial charge in [-0.1, -0.05) is 11.6 Å². The molecule has 0 amide bonds. The fourth-order valence-electron chi connectivity index (χ4n) is 1.81. The average molecular weight is 252 g/mol. The van der Waals surface area contributed by atoms with Crippen LogP contribution in [0.5, 0.6) is 0 Å². The molecule has 0 fully saturated rings. The van der Waals surface area contributed by atoms with Crippen LogP contribution in [0.1, 0.15) is 16.0 Å². The number of thiophene rings is 1. The zero-order valence-electron chi connectivity index (χ0n) is 9.38. The van der Waals surface area contributed by atoms with Crippen LogP contribution in [0.2, 0.25) is 5.02 Å². The Morgan fingerprint density at radius 1 is 1.19 bits per heavy atom. The van der Waals surface area contributed by atoms with Crippen molar-refractivity contribution in [3.8, 4) is 11.1 Å². The molecule has 0 spiro atoms. The standard InChI is InChI=1S/C13H14ClNS/c1-8-6-12(14)9(2)5-11(8)10-3-4-16-13(10)7-15/h3-6H,7,15H2,1-2H3. The van der Waals surface area contributed by atoms with Crippen LogP contribution in [-0.4, -0.2) is 0 Å². The SMILES string of the molecule is Cc1cc(-c2ccsc2CN)c(C)cc1Cl. The van der Waals surface area contributed by atoms with Gasteiger partial charge in [-0.05, 0) is 59.7 Å². The third-order valence-electron chi connectivity index (χ3n) is 2.73. The summed E-state index contributed by atoms with van der Waals surface area (Å²) in [5, 5.41) is 2.91. The van der Waals surface area contributed by atoms with E-state index in [4.69, 9.17) is 17.3 Å². The molecule has 2 N–H and O–H groups in total. The second-order valence-electron chi connectivity index (χ2n) is 3.88. The van der Waals surface area contributed by atoms with Gasteiger partial charge in [-0.15, -0.1) is 11.3 Å². The van der Waals surface area contributed by atoms with Gasteiger partial charge in [0.25, 0.3) is 0 Å². The molecule has 0 atom stereocenters. The summed E-state index contributed by atoms with van der Waals surface area (Å²) in [5.41, 5.74) is 10.5. The molecule has 1 heterocycles. The highest BCUT2D eigenvalue weighted by Crippen LogP contribution is 2.33. The summed E-state index contributed by atoms with van der Waals surface area (Å²) in [4.78, 5) is 1.23.